The summed E-state index contributed by atoms with van der Waals surface area (Å²) in [5.74, 6) is 2.05. The number of para-hydroxylation sites is 2. The number of rotatable bonds is 4. The summed E-state index contributed by atoms with van der Waals surface area (Å²) in [5, 5.41) is 1.43. The summed E-state index contributed by atoms with van der Waals surface area (Å²) in [7, 11) is 0. The summed E-state index contributed by atoms with van der Waals surface area (Å²) in [4.78, 5) is 44.5. The van der Waals surface area contributed by atoms with Crippen molar-refractivity contribution < 1.29 is 9.59 Å². The van der Waals surface area contributed by atoms with Gasteiger partial charge >= 0.3 is 0 Å². The minimum Gasteiger partial charge on any atom is -0.331 e. The van der Waals surface area contributed by atoms with Crippen LogP contribution in [0.15, 0.2) is 122 Å². The minimum absolute atomic E-state index is 0.118. The number of imidazole rings is 2. The molecule has 0 bridgehead atoms. The topological polar surface area (TPSA) is 98.0 Å². The van der Waals surface area contributed by atoms with Gasteiger partial charge in [0, 0.05) is 21.9 Å². The number of nitrogens with zero attached hydrogens (tertiary/aromatic N) is 4. The molecular formula is C38H28Cl2N6O2. The second-order valence-corrected chi connectivity index (χ2v) is 13.6. The third kappa shape index (κ3) is 4.15. The van der Waals surface area contributed by atoms with Crippen molar-refractivity contribution in [3.05, 3.63) is 154 Å². The lowest BCUT2D eigenvalue weighted by Crippen LogP contribution is -2.29. The molecule has 0 saturated heterocycles. The fourth-order valence-electron chi connectivity index (χ4n) is 7.95. The van der Waals surface area contributed by atoms with Crippen molar-refractivity contribution in [2.75, 3.05) is 9.80 Å². The van der Waals surface area contributed by atoms with E-state index in [1.165, 1.54) is 0 Å². The molecule has 2 aliphatic carbocycles. The largest absolute Gasteiger partial charge is 0.331 e. The number of carbonyl (C=O) groups excluding carboxylic acids is 2. The van der Waals surface area contributed by atoms with Gasteiger partial charge < -0.3 is 9.97 Å². The van der Waals surface area contributed by atoms with Crippen molar-refractivity contribution >= 4 is 58.0 Å². The fraction of sp³-hybridized carbons (Fsp3) is 0.158. The van der Waals surface area contributed by atoms with Crippen LogP contribution in [0.2, 0.25) is 10.0 Å². The molecule has 236 valence electrons. The summed E-state index contributed by atoms with van der Waals surface area (Å²) in [6, 6.07) is 31.7. The Labute approximate surface area is 286 Å². The summed E-state index contributed by atoms with van der Waals surface area (Å²) in [6.07, 6.45) is 8.23. The van der Waals surface area contributed by atoms with Gasteiger partial charge in [-0.1, -0.05) is 83.9 Å². The van der Waals surface area contributed by atoms with Gasteiger partial charge in [-0.3, -0.25) is 19.4 Å². The van der Waals surface area contributed by atoms with E-state index in [0.717, 1.165) is 46.5 Å². The zero-order chi connectivity index (χ0) is 32.6. The van der Waals surface area contributed by atoms with Crippen molar-refractivity contribution in [3.8, 4) is 0 Å². The number of amides is 2. The normalized spacial score (nSPS) is 24.5. The third-order valence-electron chi connectivity index (χ3n) is 10.3. The maximum atomic E-state index is 13.3. The molecule has 2 N–H and O–H groups in total. The van der Waals surface area contributed by atoms with Gasteiger partial charge in [0.2, 0.25) is 11.8 Å². The molecule has 4 atom stereocenters. The van der Waals surface area contributed by atoms with Crippen LogP contribution in [0, 0.1) is 0 Å². The lowest BCUT2D eigenvalue weighted by molar-refractivity contribution is -0.120. The quantitative estimate of drug-likeness (QED) is 0.197. The van der Waals surface area contributed by atoms with Crippen LogP contribution < -0.4 is 9.80 Å². The van der Waals surface area contributed by atoms with Crippen molar-refractivity contribution in [2.45, 2.75) is 35.5 Å². The number of anilines is 4. The molecule has 2 amide bonds. The number of carbonyl (C=O) groups is 2. The molecule has 2 saturated carbocycles. The van der Waals surface area contributed by atoms with E-state index in [-0.39, 0.29) is 23.7 Å². The number of benzene rings is 4. The Morgan fingerprint density at radius 2 is 0.979 bits per heavy atom. The highest BCUT2D eigenvalue weighted by molar-refractivity contribution is 6.30. The number of halogens is 2. The van der Waals surface area contributed by atoms with Crippen molar-refractivity contribution in [1.29, 1.82) is 0 Å². The molecule has 48 heavy (non-hydrogen) atoms. The number of aromatic nitrogens is 4. The molecule has 0 unspecified atom stereocenters. The van der Waals surface area contributed by atoms with Crippen LogP contribution in [-0.4, -0.2) is 31.8 Å². The van der Waals surface area contributed by atoms with Crippen molar-refractivity contribution in [3.63, 3.8) is 0 Å². The number of aromatic amines is 2. The maximum Gasteiger partial charge on any atom is 0.244 e. The molecule has 4 aliphatic rings. The van der Waals surface area contributed by atoms with Gasteiger partial charge in [-0.05, 0) is 71.5 Å². The molecule has 2 aromatic heterocycles. The molecule has 4 aromatic carbocycles. The van der Waals surface area contributed by atoms with E-state index in [9.17, 15) is 9.59 Å². The average molecular weight is 672 g/mol. The lowest BCUT2D eigenvalue weighted by Gasteiger charge is -2.15. The first-order chi connectivity index (χ1) is 23.4. The Hall–Kier alpha value is -5.18. The SMILES string of the molecule is O=C1N(c2cnc[nH]2)c2ccccc2[C@@]12C[C@@H]2c1ccc(Cl)cc1.O=C1N(c2cnc[nH]2)c2ccccc2[C@]12C[C@H]2c1ccc(Cl)cc1. The van der Waals surface area contributed by atoms with E-state index in [2.05, 4.69) is 32.1 Å². The van der Waals surface area contributed by atoms with E-state index in [1.54, 1.807) is 34.8 Å². The molecule has 6 aromatic rings. The highest BCUT2D eigenvalue weighted by Crippen LogP contribution is 2.68. The van der Waals surface area contributed by atoms with E-state index in [1.807, 2.05) is 84.9 Å². The third-order valence-corrected chi connectivity index (χ3v) is 10.8. The van der Waals surface area contributed by atoms with E-state index < -0.39 is 10.8 Å². The van der Waals surface area contributed by atoms with Gasteiger partial charge in [-0.2, -0.15) is 0 Å². The first-order valence-corrected chi connectivity index (χ1v) is 16.5. The van der Waals surface area contributed by atoms with E-state index in [4.69, 9.17) is 23.2 Å². The summed E-state index contributed by atoms with van der Waals surface area (Å²) < 4.78 is 0. The molecule has 4 heterocycles. The highest BCUT2D eigenvalue weighted by atomic mass is 35.5. The van der Waals surface area contributed by atoms with Gasteiger partial charge in [0.25, 0.3) is 0 Å². The van der Waals surface area contributed by atoms with Crippen LogP contribution >= 0.6 is 23.2 Å². The van der Waals surface area contributed by atoms with Gasteiger partial charge in [-0.25, -0.2) is 9.97 Å². The number of H-pyrrole nitrogens is 2. The molecule has 10 heteroatoms. The van der Waals surface area contributed by atoms with E-state index in [0.29, 0.717) is 21.7 Å². The van der Waals surface area contributed by atoms with Crippen LogP contribution in [0.4, 0.5) is 23.0 Å². The van der Waals surface area contributed by atoms with Gasteiger partial charge in [-0.15, -0.1) is 0 Å². The molecule has 2 fully saturated rings. The lowest BCUT2D eigenvalue weighted by atomic mass is 9.92. The number of nitrogens with one attached hydrogen (secondary N) is 2. The Morgan fingerprint density at radius 1 is 0.583 bits per heavy atom. The van der Waals surface area contributed by atoms with Crippen LogP contribution in [-0.2, 0) is 20.4 Å². The number of hydrogen-bond acceptors (Lipinski definition) is 4. The highest BCUT2D eigenvalue weighted by Gasteiger charge is 2.68. The van der Waals surface area contributed by atoms with E-state index >= 15 is 0 Å². The predicted octanol–water partition coefficient (Wildman–Crippen LogP) is 8.33. The van der Waals surface area contributed by atoms with Gasteiger partial charge in [0.15, 0.2) is 0 Å². The maximum absolute atomic E-state index is 13.3. The zero-order valence-corrected chi connectivity index (χ0v) is 27.0. The molecular weight excluding hydrogens is 643 g/mol. The summed E-state index contributed by atoms with van der Waals surface area (Å²) >= 11 is 12.0. The summed E-state index contributed by atoms with van der Waals surface area (Å²) in [6.45, 7) is 0. The number of hydrogen-bond donors (Lipinski definition) is 2. The monoisotopic (exact) mass is 670 g/mol. The van der Waals surface area contributed by atoms with Crippen LogP contribution in [0.25, 0.3) is 0 Å². The Bertz CT molecular complexity index is 2030. The van der Waals surface area contributed by atoms with Gasteiger partial charge in [0.05, 0.1) is 47.3 Å². The second-order valence-electron chi connectivity index (χ2n) is 12.7. The molecule has 10 rings (SSSR count). The standard InChI is InChI=1S/2C19H14ClN3O/c2*20-13-7-5-12(6-8-13)15-9-19(15)14-3-1-2-4-16(14)23(18(19)24)17-10-21-11-22-17/h2*1-8,10-11,15H,9H2,(H,21,22)/t2*15-,19-/m10/s1. The summed E-state index contributed by atoms with van der Waals surface area (Å²) in [5.41, 5.74) is 5.49. The van der Waals surface area contributed by atoms with Gasteiger partial charge in [0.1, 0.15) is 11.6 Å². The number of fused-ring (bicyclic) bond motifs is 4. The molecule has 0 radical (unpaired) electrons. The first-order valence-electron chi connectivity index (χ1n) is 15.8. The Kier molecular flexibility index (Phi) is 6.44. The van der Waals surface area contributed by atoms with Crippen molar-refractivity contribution in [2.24, 2.45) is 0 Å². The predicted molar refractivity (Wildman–Crippen MR) is 185 cm³/mol. The molecule has 2 spiro atoms. The fourth-order valence-corrected chi connectivity index (χ4v) is 8.20. The minimum atomic E-state index is -0.463. The van der Waals surface area contributed by atoms with Crippen LogP contribution in [0.5, 0.6) is 0 Å². The zero-order valence-electron chi connectivity index (χ0n) is 25.5. The van der Waals surface area contributed by atoms with Crippen LogP contribution in [0.3, 0.4) is 0 Å². The smallest absolute Gasteiger partial charge is 0.244 e. The average Bonchev–Trinajstić information content (AvgIpc) is 3.74. The second kappa shape index (κ2) is 10.7. The van der Waals surface area contributed by atoms with Crippen LogP contribution in [0.1, 0.15) is 46.9 Å². The molecule has 2 aliphatic heterocycles. The Balaban J connectivity index is 0.000000131. The molecule has 8 nitrogen and oxygen atoms in total. The first kappa shape index (κ1) is 29.0. The van der Waals surface area contributed by atoms with Crippen molar-refractivity contribution in [1.82, 2.24) is 19.9 Å². The Morgan fingerprint density at radius 3 is 1.35 bits per heavy atom.